The molecule has 0 saturated carbocycles. The van der Waals surface area contributed by atoms with Gasteiger partial charge in [0.2, 0.25) is 0 Å². The van der Waals surface area contributed by atoms with Crippen LogP contribution in [0.5, 0.6) is 0 Å². The van der Waals surface area contributed by atoms with Crippen molar-refractivity contribution >= 4 is 21.2 Å². The first-order valence-corrected chi connectivity index (χ1v) is 8.13. The molecular formula is C10H16N2O2S2. The second kappa shape index (κ2) is 4.43. The van der Waals surface area contributed by atoms with Gasteiger partial charge < -0.3 is 5.32 Å². The molecule has 0 bridgehead atoms. The topological polar surface area (TPSA) is 59.1 Å². The molecule has 0 radical (unpaired) electrons. The molecular weight excluding hydrogens is 244 g/mol. The van der Waals surface area contributed by atoms with Crippen molar-refractivity contribution in [2.24, 2.45) is 0 Å². The molecule has 1 aliphatic heterocycles. The molecule has 1 fully saturated rings. The smallest absolute Gasteiger partial charge is 0.152 e. The molecule has 1 aliphatic rings. The normalized spacial score (nSPS) is 29.1. The fourth-order valence-electron chi connectivity index (χ4n) is 2.30. The molecule has 1 aromatic rings. The minimum absolute atomic E-state index is 0.182. The Hall–Kier alpha value is -0.460. The van der Waals surface area contributed by atoms with Crippen LogP contribution in [0.1, 0.15) is 24.8 Å². The first-order chi connectivity index (χ1) is 7.58. The number of nitrogens with zero attached hydrogens (tertiary/aromatic N) is 1. The Morgan fingerprint density at radius 1 is 1.62 bits per heavy atom. The summed E-state index contributed by atoms with van der Waals surface area (Å²) in [6.45, 7) is 2.76. The highest BCUT2D eigenvalue weighted by molar-refractivity contribution is 7.91. The Balaban J connectivity index is 2.36. The summed E-state index contributed by atoms with van der Waals surface area (Å²) in [6.07, 6.45) is 3.31. The summed E-state index contributed by atoms with van der Waals surface area (Å²) in [5.41, 5.74) is -0.444. The van der Waals surface area contributed by atoms with Crippen LogP contribution in [0.2, 0.25) is 0 Å². The van der Waals surface area contributed by atoms with Crippen LogP contribution in [-0.4, -0.2) is 31.5 Å². The van der Waals surface area contributed by atoms with Crippen molar-refractivity contribution in [1.29, 1.82) is 0 Å². The molecule has 2 heterocycles. The lowest BCUT2D eigenvalue weighted by molar-refractivity contribution is 0.333. The van der Waals surface area contributed by atoms with Crippen LogP contribution >= 0.6 is 11.3 Å². The van der Waals surface area contributed by atoms with Crippen molar-refractivity contribution in [2.75, 3.05) is 18.1 Å². The van der Waals surface area contributed by atoms with E-state index in [-0.39, 0.29) is 5.75 Å². The molecule has 1 saturated heterocycles. The fourth-order valence-corrected chi connectivity index (χ4v) is 5.09. The van der Waals surface area contributed by atoms with Crippen molar-refractivity contribution in [3.63, 3.8) is 0 Å². The third-order valence-electron chi connectivity index (χ3n) is 2.88. The minimum Gasteiger partial charge on any atom is -0.305 e. The number of aromatic nitrogens is 1. The van der Waals surface area contributed by atoms with Crippen molar-refractivity contribution in [3.8, 4) is 0 Å². The van der Waals surface area contributed by atoms with Gasteiger partial charge in [-0.15, -0.1) is 11.3 Å². The molecule has 1 aromatic heterocycles. The molecule has 2 rings (SSSR count). The number of hydrogen-bond donors (Lipinski definition) is 1. The number of rotatable bonds is 3. The van der Waals surface area contributed by atoms with E-state index in [1.165, 1.54) is 11.3 Å². The van der Waals surface area contributed by atoms with E-state index in [0.717, 1.165) is 24.4 Å². The molecule has 1 unspecified atom stereocenters. The van der Waals surface area contributed by atoms with Gasteiger partial charge in [0.05, 0.1) is 17.0 Å². The van der Waals surface area contributed by atoms with Crippen molar-refractivity contribution in [2.45, 2.75) is 25.3 Å². The van der Waals surface area contributed by atoms with Crippen LogP contribution in [0, 0.1) is 0 Å². The van der Waals surface area contributed by atoms with Gasteiger partial charge in [-0.25, -0.2) is 13.4 Å². The Morgan fingerprint density at radius 2 is 2.44 bits per heavy atom. The van der Waals surface area contributed by atoms with E-state index in [2.05, 4.69) is 10.3 Å². The van der Waals surface area contributed by atoms with Crippen LogP contribution < -0.4 is 5.32 Å². The molecule has 0 aromatic carbocycles. The number of thiazole rings is 1. The Morgan fingerprint density at radius 3 is 3.00 bits per heavy atom. The summed E-state index contributed by atoms with van der Waals surface area (Å²) in [4.78, 5) is 4.29. The first-order valence-electron chi connectivity index (χ1n) is 5.43. The number of sulfone groups is 1. The molecule has 4 nitrogen and oxygen atoms in total. The minimum atomic E-state index is -2.93. The monoisotopic (exact) mass is 260 g/mol. The van der Waals surface area contributed by atoms with Gasteiger partial charge in [0.15, 0.2) is 9.84 Å². The summed E-state index contributed by atoms with van der Waals surface area (Å²) in [5, 5.41) is 6.12. The predicted octanol–water partition coefficient (Wildman–Crippen LogP) is 1.16. The zero-order valence-corrected chi connectivity index (χ0v) is 10.9. The van der Waals surface area contributed by atoms with Gasteiger partial charge in [0.1, 0.15) is 5.01 Å². The number of hydrogen-bond acceptors (Lipinski definition) is 5. The molecule has 1 N–H and O–H groups in total. The van der Waals surface area contributed by atoms with Crippen LogP contribution in [0.15, 0.2) is 11.6 Å². The van der Waals surface area contributed by atoms with Gasteiger partial charge in [-0.3, -0.25) is 0 Å². The zero-order chi connectivity index (χ0) is 11.6. The van der Waals surface area contributed by atoms with Gasteiger partial charge in [-0.05, 0) is 19.4 Å². The molecule has 0 spiro atoms. The zero-order valence-electron chi connectivity index (χ0n) is 9.27. The molecule has 90 valence electrons. The largest absolute Gasteiger partial charge is 0.305 e. The summed E-state index contributed by atoms with van der Waals surface area (Å²) in [6, 6.07) is 0. The maximum Gasteiger partial charge on any atom is 0.152 e. The summed E-state index contributed by atoms with van der Waals surface area (Å²) < 4.78 is 23.5. The average molecular weight is 260 g/mol. The number of nitrogens with one attached hydrogen (secondary N) is 1. The highest BCUT2D eigenvalue weighted by Gasteiger charge is 2.41. The van der Waals surface area contributed by atoms with Crippen molar-refractivity contribution in [1.82, 2.24) is 10.3 Å². The lowest BCUT2D eigenvalue weighted by Crippen LogP contribution is -2.50. The van der Waals surface area contributed by atoms with Gasteiger partial charge >= 0.3 is 0 Å². The van der Waals surface area contributed by atoms with E-state index >= 15 is 0 Å². The van der Waals surface area contributed by atoms with Gasteiger partial charge in [-0.1, -0.05) is 6.92 Å². The summed E-state index contributed by atoms with van der Waals surface area (Å²) in [7, 11) is -2.93. The van der Waals surface area contributed by atoms with E-state index in [4.69, 9.17) is 0 Å². The van der Waals surface area contributed by atoms with Crippen LogP contribution in [0.4, 0.5) is 0 Å². The van der Waals surface area contributed by atoms with E-state index in [1.54, 1.807) is 6.20 Å². The summed E-state index contributed by atoms with van der Waals surface area (Å²) >= 11 is 1.53. The highest BCUT2D eigenvalue weighted by Crippen LogP contribution is 2.33. The SMILES string of the molecule is CCNC1(c2nccs2)CCCS(=O)(=O)C1. The molecule has 16 heavy (non-hydrogen) atoms. The second-order valence-corrected chi connectivity index (χ2v) is 7.22. The third kappa shape index (κ3) is 2.28. The fraction of sp³-hybridized carbons (Fsp3) is 0.700. The van der Waals surface area contributed by atoms with Crippen LogP contribution in [0.3, 0.4) is 0 Å². The maximum atomic E-state index is 11.8. The molecule has 6 heteroatoms. The molecule has 0 amide bonds. The average Bonchev–Trinajstić information content (AvgIpc) is 2.69. The van der Waals surface area contributed by atoms with Crippen LogP contribution in [0.25, 0.3) is 0 Å². The van der Waals surface area contributed by atoms with Gasteiger partial charge in [0, 0.05) is 11.6 Å². The maximum absolute atomic E-state index is 11.8. The van der Waals surface area contributed by atoms with Crippen molar-refractivity contribution in [3.05, 3.63) is 16.6 Å². The molecule has 0 aliphatic carbocycles. The Bertz CT molecular complexity index is 437. The molecule has 1 atom stereocenters. The van der Waals surface area contributed by atoms with E-state index < -0.39 is 15.4 Å². The third-order valence-corrected chi connectivity index (χ3v) is 5.70. The van der Waals surface area contributed by atoms with Crippen molar-refractivity contribution < 1.29 is 8.42 Å². The lowest BCUT2D eigenvalue weighted by atomic mass is 9.96. The second-order valence-electron chi connectivity index (χ2n) is 4.15. The van der Waals surface area contributed by atoms with E-state index in [9.17, 15) is 8.42 Å². The van der Waals surface area contributed by atoms with Crippen LogP contribution in [-0.2, 0) is 15.4 Å². The highest BCUT2D eigenvalue weighted by atomic mass is 32.2. The standard InChI is InChI=1S/C10H16N2O2S2/c1-2-12-10(9-11-5-6-15-9)4-3-7-16(13,14)8-10/h5-6,12H,2-4,7-8H2,1H3. The van der Waals surface area contributed by atoms with E-state index in [0.29, 0.717) is 5.75 Å². The lowest BCUT2D eigenvalue weighted by Gasteiger charge is -2.35. The van der Waals surface area contributed by atoms with E-state index in [1.807, 2.05) is 12.3 Å². The predicted molar refractivity (Wildman–Crippen MR) is 65.4 cm³/mol. The quantitative estimate of drug-likeness (QED) is 0.886. The van der Waals surface area contributed by atoms with Gasteiger partial charge in [0.25, 0.3) is 0 Å². The Kier molecular flexibility index (Phi) is 3.32. The summed E-state index contributed by atoms with van der Waals surface area (Å²) in [5.74, 6) is 0.493. The Labute approximate surface area is 100 Å². The van der Waals surface area contributed by atoms with Gasteiger partial charge in [-0.2, -0.15) is 0 Å². The first kappa shape index (κ1) is 12.0.